The Hall–Kier alpha value is -3.74. The van der Waals surface area contributed by atoms with E-state index >= 15 is 0 Å². The Bertz CT molecular complexity index is 1470. The Morgan fingerprint density at radius 3 is 2.02 bits per heavy atom. The number of rotatable bonds is 8. The summed E-state index contributed by atoms with van der Waals surface area (Å²) in [6.45, 7) is 20.2. The van der Waals surface area contributed by atoms with Gasteiger partial charge >= 0.3 is 0 Å². The molecule has 0 unspecified atom stereocenters. The van der Waals surface area contributed by atoms with E-state index in [9.17, 15) is 14.7 Å². The highest BCUT2D eigenvalue weighted by molar-refractivity contribution is 6.05. The zero-order chi connectivity index (χ0) is 32.4. The minimum Gasteiger partial charge on any atom is -0.393 e. The lowest BCUT2D eigenvalue weighted by molar-refractivity contribution is -0.116. The van der Waals surface area contributed by atoms with Crippen molar-refractivity contribution in [2.45, 2.75) is 94.6 Å². The van der Waals surface area contributed by atoms with Crippen molar-refractivity contribution in [2.75, 3.05) is 0 Å². The normalized spacial score (nSPS) is 23.0. The van der Waals surface area contributed by atoms with Gasteiger partial charge in [0.2, 0.25) is 0 Å². The van der Waals surface area contributed by atoms with Crippen molar-refractivity contribution in [2.24, 2.45) is 10.8 Å². The first-order chi connectivity index (χ1) is 20.0. The number of carbonyl (C=O) groups is 2. The maximum Gasteiger partial charge on any atom is 0.181 e. The fourth-order valence-electron chi connectivity index (χ4n) is 5.56. The van der Waals surface area contributed by atoms with Gasteiger partial charge in [-0.1, -0.05) is 117 Å². The zero-order valence-corrected chi connectivity index (χ0v) is 27.9. The van der Waals surface area contributed by atoms with Gasteiger partial charge in [0.25, 0.3) is 0 Å². The predicted molar refractivity (Wildman–Crippen MR) is 182 cm³/mol. The highest BCUT2D eigenvalue weighted by Gasteiger charge is 2.32. The Labute approximate surface area is 260 Å². The van der Waals surface area contributed by atoms with Crippen molar-refractivity contribution in [3.05, 3.63) is 117 Å². The van der Waals surface area contributed by atoms with E-state index in [4.69, 9.17) is 0 Å². The van der Waals surface area contributed by atoms with E-state index in [1.165, 1.54) is 5.57 Å². The predicted octanol–water partition coefficient (Wildman–Crippen LogP) is 9.38. The Balaban J connectivity index is 1.96. The van der Waals surface area contributed by atoms with Crippen LogP contribution in [0.4, 0.5) is 0 Å². The molecule has 43 heavy (non-hydrogen) atoms. The molecular weight excluding hydrogens is 528 g/mol. The molecule has 0 amide bonds. The zero-order valence-electron chi connectivity index (χ0n) is 27.9. The van der Waals surface area contributed by atoms with Crippen molar-refractivity contribution in [1.29, 1.82) is 0 Å². The van der Waals surface area contributed by atoms with E-state index in [2.05, 4.69) is 51.7 Å². The average molecular weight is 579 g/mol. The lowest BCUT2D eigenvalue weighted by Crippen LogP contribution is -2.28. The second kappa shape index (κ2) is 15.6. The summed E-state index contributed by atoms with van der Waals surface area (Å²) in [5.74, 6) is 6.72. The molecule has 0 bridgehead atoms. The first kappa shape index (κ1) is 35.5. The number of ketones is 2. The fraction of sp³-hybridized carbons (Fsp3) is 0.400. The van der Waals surface area contributed by atoms with Crippen LogP contribution in [0.15, 0.2) is 117 Å². The smallest absolute Gasteiger partial charge is 0.181 e. The van der Waals surface area contributed by atoms with E-state index in [1.807, 2.05) is 90.2 Å². The Kier molecular flexibility index (Phi) is 12.9. The second-order valence-corrected chi connectivity index (χ2v) is 13.3. The van der Waals surface area contributed by atoms with Gasteiger partial charge in [-0.05, 0) is 94.2 Å². The minimum atomic E-state index is -0.337. The molecule has 1 atom stereocenters. The van der Waals surface area contributed by atoms with Gasteiger partial charge in [0.15, 0.2) is 11.6 Å². The summed E-state index contributed by atoms with van der Waals surface area (Å²) in [5.41, 5.74) is 7.54. The SMILES string of the molecule is CC1=CC(=O)CC(C)(C)/C1=C\C(=O)/C(C)=C/C=C/C(C)=C/C=C/C=C(C)/C=C/C=C(\C)C#CC1=C(C)C[C@@H](O)CC1(C)C. The molecule has 0 saturated carbocycles. The molecule has 0 saturated heterocycles. The van der Waals surface area contributed by atoms with Gasteiger partial charge in [0.05, 0.1) is 6.10 Å². The van der Waals surface area contributed by atoms with Crippen molar-refractivity contribution < 1.29 is 14.7 Å². The van der Waals surface area contributed by atoms with E-state index in [-0.39, 0.29) is 28.5 Å². The van der Waals surface area contributed by atoms with Crippen LogP contribution in [0.5, 0.6) is 0 Å². The molecule has 2 rings (SSSR count). The third-order valence-electron chi connectivity index (χ3n) is 7.83. The lowest BCUT2D eigenvalue weighted by Gasteiger charge is -2.34. The summed E-state index contributed by atoms with van der Waals surface area (Å²) in [6.07, 6.45) is 24.8. The highest BCUT2D eigenvalue weighted by Crippen LogP contribution is 2.40. The van der Waals surface area contributed by atoms with Crippen LogP contribution in [0.1, 0.15) is 88.5 Å². The van der Waals surface area contributed by atoms with Gasteiger partial charge < -0.3 is 5.11 Å². The van der Waals surface area contributed by atoms with Crippen LogP contribution in [-0.2, 0) is 9.59 Å². The summed E-state index contributed by atoms with van der Waals surface area (Å²) in [7, 11) is 0. The van der Waals surface area contributed by atoms with Gasteiger partial charge in [-0.2, -0.15) is 0 Å². The molecule has 0 spiro atoms. The molecule has 0 aromatic rings. The topological polar surface area (TPSA) is 54.4 Å². The second-order valence-electron chi connectivity index (χ2n) is 13.3. The minimum absolute atomic E-state index is 0.0384. The number of allylic oxidation sites excluding steroid dienone is 19. The van der Waals surface area contributed by atoms with Crippen molar-refractivity contribution in [1.82, 2.24) is 0 Å². The Morgan fingerprint density at radius 2 is 1.47 bits per heavy atom. The molecule has 2 aliphatic carbocycles. The first-order valence-corrected chi connectivity index (χ1v) is 15.1. The summed E-state index contributed by atoms with van der Waals surface area (Å²) >= 11 is 0. The molecule has 0 fully saturated rings. The molecule has 0 aliphatic heterocycles. The van der Waals surface area contributed by atoms with E-state index in [0.29, 0.717) is 18.4 Å². The molecule has 0 radical (unpaired) electrons. The molecule has 228 valence electrons. The lowest BCUT2D eigenvalue weighted by atomic mass is 9.72. The van der Waals surface area contributed by atoms with Gasteiger partial charge in [-0.3, -0.25) is 9.59 Å². The number of aliphatic hydroxyl groups excluding tert-OH is 1. The van der Waals surface area contributed by atoms with Crippen LogP contribution < -0.4 is 0 Å². The van der Waals surface area contributed by atoms with E-state index in [0.717, 1.165) is 39.9 Å². The molecule has 1 N–H and O–H groups in total. The largest absolute Gasteiger partial charge is 0.393 e. The molecule has 2 aliphatic rings. The third-order valence-corrected chi connectivity index (χ3v) is 7.83. The van der Waals surface area contributed by atoms with Gasteiger partial charge in [0.1, 0.15) is 0 Å². The van der Waals surface area contributed by atoms with Crippen LogP contribution in [-0.4, -0.2) is 22.8 Å². The van der Waals surface area contributed by atoms with Crippen molar-refractivity contribution in [3.63, 3.8) is 0 Å². The fourth-order valence-corrected chi connectivity index (χ4v) is 5.56. The van der Waals surface area contributed by atoms with E-state index < -0.39 is 0 Å². The number of carbonyl (C=O) groups excluding carboxylic acids is 2. The number of aliphatic hydroxyl groups is 1. The maximum atomic E-state index is 12.8. The standard InChI is InChI=1S/C40H50O3/c1-28(17-13-18-30(3)21-22-36-32(5)23-34(41)26-39(36,7)8)15-11-12-16-29(2)19-14-20-31(4)38(43)25-37-33(6)24-35(42)27-40(37,9)10/h11-20,24-25,34,41H,23,26-27H2,1-10H3/b12-11+,17-13+,19-14+,28-15+,29-16+,30-18+,31-20+,37-25-/t34-/m1/s1. The summed E-state index contributed by atoms with van der Waals surface area (Å²) in [4.78, 5) is 24.7. The van der Waals surface area contributed by atoms with Crippen LogP contribution >= 0.6 is 0 Å². The van der Waals surface area contributed by atoms with Crippen LogP contribution in [0.3, 0.4) is 0 Å². The Morgan fingerprint density at radius 1 is 0.884 bits per heavy atom. The van der Waals surface area contributed by atoms with Crippen LogP contribution in [0.2, 0.25) is 0 Å². The molecule has 3 nitrogen and oxygen atoms in total. The van der Waals surface area contributed by atoms with Gasteiger partial charge in [0, 0.05) is 17.4 Å². The summed E-state index contributed by atoms with van der Waals surface area (Å²) in [5, 5.41) is 10.1. The van der Waals surface area contributed by atoms with Crippen molar-refractivity contribution >= 4 is 11.6 Å². The molecular formula is C40H50O3. The first-order valence-electron chi connectivity index (χ1n) is 15.1. The van der Waals surface area contributed by atoms with Crippen LogP contribution in [0, 0.1) is 22.7 Å². The monoisotopic (exact) mass is 578 g/mol. The molecule has 3 heteroatoms. The quantitative estimate of drug-likeness (QED) is 0.177. The molecule has 0 heterocycles. The summed E-state index contributed by atoms with van der Waals surface area (Å²) in [6, 6.07) is 0. The van der Waals surface area contributed by atoms with E-state index in [1.54, 1.807) is 12.2 Å². The maximum absolute atomic E-state index is 12.8. The highest BCUT2D eigenvalue weighted by atomic mass is 16.3. The van der Waals surface area contributed by atoms with Crippen LogP contribution in [0.25, 0.3) is 0 Å². The van der Waals surface area contributed by atoms with Gasteiger partial charge in [-0.15, -0.1) is 0 Å². The average Bonchev–Trinajstić information content (AvgIpc) is 2.87. The molecule has 0 aromatic heterocycles. The third kappa shape index (κ3) is 11.5. The number of hydrogen-bond donors (Lipinski definition) is 1. The van der Waals surface area contributed by atoms with Gasteiger partial charge in [-0.25, -0.2) is 0 Å². The molecule has 0 aromatic carbocycles. The number of hydrogen-bond acceptors (Lipinski definition) is 3. The summed E-state index contributed by atoms with van der Waals surface area (Å²) < 4.78 is 0. The van der Waals surface area contributed by atoms with Crippen molar-refractivity contribution in [3.8, 4) is 11.8 Å².